The smallest absolute Gasteiger partial charge is 0.211 e. The highest BCUT2D eigenvalue weighted by molar-refractivity contribution is 5.69. The predicted molar refractivity (Wildman–Crippen MR) is 60.8 cm³/mol. The number of carbonyl (C=O) groups excluding carboxylic acids is 2. The van der Waals surface area contributed by atoms with Crippen LogP contribution in [0.2, 0.25) is 0 Å². The largest absolute Gasteiger partial charge is 0.240 e. The number of aryl methyl sites for hydroxylation is 1. The highest BCUT2D eigenvalue weighted by atomic mass is 16.1. The zero-order valence-corrected chi connectivity index (χ0v) is 9.28. The molecule has 16 heavy (non-hydrogen) atoms. The van der Waals surface area contributed by atoms with Crippen molar-refractivity contribution in [3.05, 3.63) is 23.3 Å². The average molecular weight is 216 g/mol. The lowest BCUT2D eigenvalue weighted by Crippen LogP contribution is -1.89. The van der Waals surface area contributed by atoms with E-state index in [9.17, 15) is 9.59 Å². The van der Waals surface area contributed by atoms with E-state index >= 15 is 0 Å². The Hall–Kier alpha value is -2.02. The summed E-state index contributed by atoms with van der Waals surface area (Å²) in [6.45, 7) is 3.89. The molecule has 4 heteroatoms. The van der Waals surface area contributed by atoms with Gasteiger partial charge < -0.3 is 0 Å². The van der Waals surface area contributed by atoms with Crippen LogP contribution in [0.4, 0.5) is 11.4 Å². The van der Waals surface area contributed by atoms with Gasteiger partial charge in [-0.1, -0.05) is 19.9 Å². The average Bonchev–Trinajstić information content (AvgIpc) is 2.30. The first kappa shape index (κ1) is 12.1. The predicted octanol–water partition coefficient (Wildman–Crippen LogP) is 2.75. The standard InChI is InChI=1S/C12H12N2O2/c1-3-9-5-6-11(13-7-15)10(4-2)12(9)14-8-16/h5-6H,3-4H2,1-2H3. The summed E-state index contributed by atoms with van der Waals surface area (Å²) < 4.78 is 0. The zero-order valence-electron chi connectivity index (χ0n) is 9.28. The van der Waals surface area contributed by atoms with E-state index in [4.69, 9.17) is 0 Å². The first-order chi connectivity index (χ1) is 7.78. The Morgan fingerprint density at radius 3 is 2.25 bits per heavy atom. The molecule has 0 aromatic heterocycles. The van der Waals surface area contributed by atoms with E-state index in [1.165, 1.54) is 12.2 Å². The molecule has 82 valence electrons. The highest BCUT2D eigenvalue weighted by Gasteiger charge is 2.10. The number of hydrogen-bond acceptors (Lipinski definition) is 4. The molecule has 0 unspecified atom stereocenters. The fraction of sp³-hybridized carbons (Fsp3) is 0.333. The summed E-state index contributed by atoms with van der Waals surface area (Å²) in [4.78, 5) is 27.9. The van der Waals surface area contributed by atoms with Crippen LogP contribution in [-0.2, 0) is 22.4 Å². The number of hydrogen-bond donors (Lipinski definition) is 0. The third kappa shape index (κ3) is 2.31. The third-order valence-electron chi connectivity index (χ3n) is 2.40. The molecule has 0 aliphatic rings. The van der Waals surface area contributed by atoms with Crippen LogP contribution in [0.25, 0.3) is 0 Å². The summed E-state index contributed by atoms with van der Waals surface area (Å²) >= 11 is 0. The van der Waals surface area contributed by atoms with E-state index in [1.807, 2.05) is 19.9 Å². The molecule has 1 aromatic carbocycles. The van der Waals surface area contributed by atoms with Crippen molar-refractivity contribution in [3.8, 4) is 0 Å². The molecular formula is C12H12N2O2. The van der Waals surface area contributed by atoms with Crippen LogP contribution < -0.4 is 0 Å². The van der Waals surface area contributed by atoms with Gasteiger partial charge in [-0.05, 0) is 24.5 Å². The third-order valence-corrected chi connectivity index (χ3v) is 2.40. The Labute approximate surface area is 93.7 Å². The number of rotatable bonds is 4. The maximum absolute atomic E-state index is 10.4. The first-order valence-electron chi connectivity index (χ1n) is 5.08. The minimum absolute atomic E-state index is 0.517. The van der Waals surface area contributed by atoms with Gasteiger partial charge in [0, 0.05) is 5.56 Å². The lowest BCUT2D eigenvalue weighted by molar-refractivity contribution is 0.565. The molecule has 0 amide bonds. The number of nitrogens with zero attached hydrogens (tertiary/aromatic N) is 2. The van der Waals surface area contributed by atoms with E-state index in [0.717, 1.165) is 17.5 Å². The molecule has 0 spiro atoms. The molecule has 0 bridgehead atoms. The zero-order chi connectivity index (χ0) is 12.0. The molecule has 0 N–H and O–H groups in total. The van der Waals surface area contributed by atoms with E-state index in [1.54, 1.807) is 6.07 Å². The topological polar surface area (TPSA) is 58.9 Å². The summed E-state index contributed by atoms with van der Waals surface area (Å²) in [6, 6.07) is 3.55. The van der Waals surface area contributed by atoms with Crippen LogP contribution in [-0.4, -0.2) is 12.2 Å². The van der Waals surface area contributed by atoms with Crippen molar-refractivity contribution in [3.63, 3.8) is 0 Å². The quantitative estimate of drug-likeness (QED) is 0.574. The van der Waals surface area contributed by atoms with Gasteiger partial charge in [0.25, 0.3) is 0 Å². The number of isocyanates is 2. The fourth-order valence-corrected chi connectivity index (χ4v) is 1.65. The summed E-state index contributed by atoms with van der Waals surface area (Å²) in [7, 11) is 0. The fourth-order valence-electron chi connectivity index (χ4n) is 1.65. The van der Waals surface area contributed by atoms with Crippen molar-refractivity contribution in [1.82, 2.24) is 0 Å². The minimum Gasteiger partial charge on any atom is -0.211 e. The van der Waals surface area contributed by atoms with Gasteiger partial charge in [0.15, 0.2) is 0 Å². The van der Waals surface area contributed by atoms with Crippen LogP contribution in [0.15, 0.2) is 22.1 Å². The van der Waals surface area contributed by atoms with Crippen molar-refractivity contribution in [2.45, 2.75) is 26.7 Å². The summed E-state index contributed by atoms with van der Waals surface area (Å²) in [5.74, 6) is 0. The molecule has 0 heterocycles. The van der Waals surface area contributed by atoms with Crippen molar-refractivity contribution in [2.24, 2.45) is 9.98 Å². The van der Waals surface area contributed by atoms with Crippen molar-refractivity contribution < 1.29 is 9.59 Å². The molecule has 0 saturated heterocycles. The molecule has 1 rings (SSSR count). The Balaban J connectivity index is 3.54. The lowest BCUT2D eigenvalue weighted by atomic mass is 10.0. The van der Waals surface area contributed by atoms with Crippen LogP contribution in [0, 0.1) is 0 Å². The van der Waals surface area contributed by atoms with Gasteiger partial charge in [-0.3, -0.25) is 0 Å². The molecule has 0 atom stereocenters. The summed E-state index contributed by atoms with van der Waals surface area (Å²) in [5, 5.41) is 0. The molecule has 0 fully saturated rings. The van der Waals surface area contributed by atoms with Gasteiger partial charge in [0.1, 0.15) is 0 Å². The molecule has 1 aromatic rings. The Morgan fingerprint density at radius 1 is 1.06 bits per heavy atom. The molecule has 0 aliphatic heterocycles. The normalized spacial score (nSPS) is 9.12. The second-order valence-corrected chi connectivity index (χ2v) is 3.18. The second kappa shape index (κ2) is 5.76. The Kier molecular flexibility index (Phi) is 4.34. The van der Waals surface area contributed by atoms with Gasteiger partial charge in [0.05, 0.1) is 11.4 Å². The van der Waals surface area contributed by atoms with Crippen molar-refractivity contribution in [1.29, 1.82) is 0 Å². The van der Waals surface area contributed by atoms with Gasteiger partial charge in [0.2, 0.25) is 12.2 Å². The van der Waals surface area contributed by atoms with Crippen LogP contribution in [0.5, 0.6) is 0 Å². The highest BCUT2D eigenvalue weighted by Crippen LogP contribution is 2.33. The molecule has 0 aliphatic carbocycles. The molecule has 0 radical (unpaired) electrons. The second-order valence-electron chi connectivity index (χ2n) is 3.18. The molecular weight excluding hydrogens is 204 g/mol. The van der Waals surface area contributed by atoms with E-state index < -0.39 is 0 Å². The SMILES string of the molecule is CCc1ccc(N=C=O)c(CC)c1N=C=O. The van der Waals surface area contributed by atoms with Crippen LogP contribution >= 0.6 is 0 Å². The summed E-state index contributed by atoms with van der Waals surface area (Å²) in [6.07, 6.45) is 4.45. The molecule has 4 nitrogen and oxygen atoms in total. The van der Waals surface area contributed by atoms with Gasteiger partial charge in [-0.2, -0.15) is 9.98 Å². The van der Waals surface area contributed by atoms with Crippen LogP contribution in [0.1, 0.15) is 25.0 Å². The lowest BCUT2D eigenvalue weighted by Gasteiger charge is -2.09. The van der Waals surface area contributed by atoms with E-state index in [0.29, 0.717) is 17.8 Å². The minimum atomic E-state index is 0.517. The van der Waals surface area contributed by atoms with E-state index in [-0.39, 0.29) is 0 Å². The molecule has 0 saturated carbocycles. The van der Waals surface area contributed by atoms with Gasteiger partial charge in [-0.15, -0.1) is 0 Å². The van der Waals surface area contributed by atoms with Gasteiger partial charge in [-0.25, -0.2) is 9.59 Å². The van der Waals surface area contributed by atoms with Crippen LogP contribution in [0.3, 0.4) is 0 Å². The van der Waals surface area contributed by atoms with Crippen molar-refractivity contribution >= 4 is 23.5 Å². The van der Waals surface area contributed by atoms with E-state index in [2.05, 4.69) is 9.98 Å². The Morgan fingerprint density at radius 2 is 1.75 bits per heavy atom. The first-order valence-corrected chi connectivity index (χ1v) is 5.08. The number of aliphatic imine (C=N–C) groups is 2. The monoisotopic (exact) mass is 216 g/mol. The van der Waals surface area contributed by atoms with Gasteiger partial charge >= 0.3 is 0 Å². The maximum Gasteiger partial charge on any atom is 0.240 e. The summed E-state index contributed by atoms with van der Waals surface area (Å²) in [5.41, 5.74) is 2.83. The maximum atomic E-state index is 10.4. The Bertz CT molecular complexity index is 482. The number of benzene rings is 1. The van der Waals surface area contributed by atoms with Crippen molar-refractivity contribution in [2.75, 3.05) is 0 Å².